The Hall–Kier alpha value is -1.68. The molecule has 1 fully saturated rings. The van der Waals surface area contributed by atoms with Crippen molar-refractivity contribution >= 4 is 0 Å². The molecule has 3 nitrogen and oxygen atoms in total. The Morgan fingerprint density at radius 3 is 2.72 bits per heavy atom. The fourth-order valence-electron chi connectivity index (χ4n) is 2.23. The van der Waals surface area contributed by atoms with E-state index < -0.39 is 0 Å². The van der Waals surface area contributed by atoms with Gasteiger partial charge in [0.1, 0.15) is 5.82 Å². The van der Waals surface area contributed by atoms with Gasteiger partial charge in [-0.2, -0.15) is 0 Å². The van der Waals surface area contributed by atoms with Gasteiger partial charge < -0.3 is 10.3 Å². The van der Waals surface area contributed by atoms with Gasteiger partial charge in [-0.15, -0.1) is 0 Å². The van der Waals surface area contributed by atoms with Gasteiger partial charge in [0.2, 0.25) is 0 Å². The lowest BCUT2D eigenvalue weighted by Gasteiger charge is -2.14. The van der Waals surface area contributed by atoms with Gasteiger partial charge in [-0.3, -0.25) is 0 Å². The highest BCUT2D eigenvalue weighted by Gasteiger charge is 2.28. The summed E-state index contributed by atoms with van der Waals surface area (Å²) in [5.41, 5.74) is 8.09. The highest BCUT2D eigenvalue weighted by molar-refractivity contribution is 5.58. The van der Waals surface area contributed by atoms with Crippen LogP contribution in [0.25, 0.3) is 11.3 Å². The second-order valence-electron chi connectivity index (χ2n) is 4.94. The van der Waals surface area contributed by atoms with E-state index in [2.05, 4.69) is 9.55 Å². The van der Waals surface area contributed by atoms with E-state index in [-0.39, 0.29) is 11.9 Å². The summed E-state index contributed by atoms with van der Waals surface area (Å²) in [6.07, 6.45) is 6.07. The molecule has 18 heavy (non-hydrogen) atoms. The van der Waals surface area contributed by atoms with Crippen LogP contribution in [0, 0.1) is 11.7 Å². The molecule has 1 saturated carbocycles. The Morgan fingerprint density at radius 2 is 2.06 bits per heavy atom. The fourth-order valence-corrected chi connectivity index (χ4v) is 2.23. The smallest absolute Gasteiger partial charge is 0.123 e. The summed E-state index contributed by atoms with van der Waals surface area (Å²) in [5.74, 6) is 0.438. The first-order valence-electron chi connectivity index (χ1n) is 6.25. The molecule has 0 radical (unpaired) electrons. The van der Waals surface area contributed by atoms with E-state index in [4.69, 9.17) is 5.73 Å². The minimum absolute atomic E-state index is 0.193. The third kappa shape index (κ3) is 2.29. The molecule has 0 spiro atoms. The molecular formula is C14H16FN3. The maximum absolute atomic E-state index is 12.9. The zero-order valence-corrected chi connectivity index (χ0v) is 10.1. The second kappa shape index (κ2) is 4.53. The van der Waals surface area contributed by atoms with Crippen molar-refractivity contribution in [3.63, 3.8) is 0 Å². The molecule has 1 aromatic carbocycles. The molecule has 1 heterocycles. The van der Waals surface area contributed by atoms with Crippen LogP contribution in [0.2, 0.25) is 0 Å². The van der Waals surface area contributed by atoms with Gasteiger partial charge in [-0.05, 0) is 48.6 Å². The van der Waals surface area contributed by atoms with E-state index in [1.807, 2.05) is 0 Å². The normalized spacial score (nSPS) is 16.8. The number of hydrogen-bond acceptors (Lipinski definition) is 2. The van der Waals surface area contributed by atoms with Crippen LogP contribution in [-0.2, 0) is 6.54 Å². The molecule has 0 bridgehead atoms. The molecule has 1 aliphatic rings. The lowest BCUT2D eigenvalue weighted by Crippen LogP contribution is -2.28. The third-order valence-corrected chi connectivity index (χ3v) is 3.49. The monoisotopic (exact) mass is 245 g/mol. The van der Waals surface area contributed by atoms with E-state index in [9.17, 15) is 4.39 Å². The average Bonchev–Trinajstić information content (AvgIpc) is 3.12. The fraction of sp³-hybridized carbons (Fsp3) is 0.357. The number of nitrogens with zero attached hydrogens (tertiary/aromatic N) is 2. The number of benzene rings is 1. The highest BCUT2D eigenvalue weighted by Crippen LogP contribution is 2.32. The maximum Gasteiger partial charge on any atom is 0.123 e. The number of hydrogen-bond donors (Lipinski definition) is 1. The number of nitrogens with two attached hydrogens (primary N) is 1. The molecule has 2 aromatic rings. The zero-order chi connectivity index (χ0) is 12.5. The first-order valence-corrected chi connectivity index (χ1v) is 6.25. The van der Waals surface area contributed by atoms with Crippen LogP contribution >= 0.6 is 0 Å². The van der Waals surface area contributed by atoms with Crippen molar-refractivity contribution in [2.45, 2.75) is 25.4 Å². The first-order chi connectivity index (χ1) is 8.74. The van der Waals surface area contributed by atoms with Gasteiger partial charge in [0.25, 0.3) is 0 Å². The number of aromatic nitrogens is 2. The molecule has 3 rings (SSSR count). The molecule has 4 heteroatoms. The van der Waals surface area contributed by atoms with Crippen LogP contribution in [0.5, 0.6) is 0 Å². The van der Waals surface area contributed by atoms with Gasteiger partial charge in [0.05, 0.1) is 18.2 Å². The summed E-state index contributed by atoms with van der Waals surface area (Å²) >= 11 is 0. The Bertz CT molecular complexity index is 528. The van der Waals surface area contributed by atoms with E-state index in [1.165, 1.54) is 25.0 Å². The summed E-state index contributed by atoms with van der Waals surface area (Å²) < 4.78 is 15.0. The molecule has 1 aromatic heterocycles. The topological polar surface area (TPSA) is 43.8 Å². The Balaban J connectivity index is 1.83. The summed E-state index contributed by atoms with van der Waals surface area (Å²) in [4.78, 5) is 4.17. The molecule has 0 amide bonds. The van der Waals surface area contributed by atoms with Gasteiger partial charge >= 0.3 is 0 Å². The number of rotatable bonds is 4. The minimum atomic E-state index is -0.223. The number of imidazole rings is 1. The van der Waals surface area contributed by atoms with Crippen molar-refractivity contribution in [2.24, 2.45) is 11.7 Å². The van der Waals surface area contributed by atoms with Crippen LogP contribution in [0.3, 0.4) is 0 Å². The molecule has 1 unspecified atom stereocenters. The Kier molecular flexibility index (Phi) is 2.88. The van der Waals surface area contributed by atoms with Crippen molar-refractivity contribution < 1.29 is 4.39 Å². The van der Waals surface area contributed by atoms with Crippen LogP contribution < -0.4 is 5.73 Å². The van der Waals surface area contributed by atoms with Gasteiger partial charge in [-0.1, -0.05) is 0 Å². The van der Waals surface area contributed by atoms with Crippen LogP contribution in [0.15, 0.2) is 36.8 Å². The second-order valence-corrected chi connectivity index (χ2v) is 4.94. The summed E-state index contributed by atoms with van der Waals surface area (Å²) in [6, 6.07) is 6.66. The largest absolute Gasteiger partial charge is 0.329 e. The summed E-state index contributed by atoms with van der Waals surface area (Å²) in [7, 11) is 0. The molecule has 1 atom stereocenters. The van der Waals surface area contributed by atoms with Crippen molar-refractivity contribution in [3.8, 4) is 11.3 Å². The van der Waals surface area contributed by atoms with Crippen molar-refractivity contribution in [3.05, 3.63) is 42.6 Å². The average molecular weight is 245 g/mol. The quantitative estimate of drug-likeness (QED) is 0.899. The maximum atomic E-state index is 12.9. The van der Waals surface area contributed by atoms with Gasteiger partial charge in [0, 0.05) is 12.6 Å². The van der Waals surface area contributed by atoms with E-state index >= 15 is 0 Å². The lowest BCUT2D eigenvalue weighted by atomic mass is 10.1. The van der Waals surface area contributed by atoms with E-state index in [0.29, 0.717) is 5.92 Å². The molecule has 2 N–H and O–H groups in total. The SMILES string of the molecule is NC(Cn1cncc1-c1ccc(F)cc1)C1CC1. The highest BCUT2D eigenvalue weighted by atomic mass is 19.1. The Morgan fingerprint density at radius 1 is 1.33 bits per heavy atom. The number of halogens is 1. The van der Waals surface area contributed by atoms with Crippen molar-refractivity contribution in [2.75, 3.05) is 0 Å². The first kappa shape index (κ1) is 11.4. The minimum Gasteiger partial charge on any atom is -0.329 e. The predicted octanol–water partition coefficient (Wildman–Crippen LogP) is 2.43. The van der Waals surface area contributed by atoms with Gasteiger partial charge in [-0.25, -0.2) is 9.37 Å². The standard InChI is InChI=1S/C14H16FN3/c15-12-5-3-11(4-6-12)14-7-17-9-18(14)8-13(16)10-1-2-10/h3-7,9-10,13H,1-2,8,16H2. The van der Waals surface area contributed by atoms with Gasteiger partial charge in [0.15, 0.2) is 0 Å². The molecule has 94 valence electrons. The molecule has 0 saturated heterocycles. The predicted molar refractivity (Wildman–Crippen MR) is 68.3 cm³/mol. The lowest BCUT2D eigenvalue weighted by molar-refractivity contribution is 0.505. The molecule has 1 aliphatic carbocycles. The Labute approximate surface area is 105 Å². The van der Waals surface area contributed by atoms with E-state index in [1.54, 1.807) is 24.7 Å². The van der Waals surface area contributed by atoms with Crippen molar-refractivity contribution in [1.29, 1.82) is 0 Å². The van der Waals surface area contributed by atoms with Crippen molar-refractivity contribution in [1.82, 2.24) is 9.55 Å². The zero-order valence-electron chi connectivity index (χ0n) is 10.1. The molecule has 0 aliphatic heterocycles. The summed E-state index contributed by atoms with van der Waals surface area (Å²) in [5, 5.41) is 0. The third-order valence-electron chi connectivity index (χ3n) is 3.49. The van der Waals surface area contributed by atoms with E-state index in [0.717, 1.165) is 17.8 Å². The molecular weight excluding hydrogens is 229 g/mol. The van der Waals surface area contributed by atoms with Crippen LogP contribution in [0.4, 0.5) is 4.39 Å². The summed E-state index contributed by atoms with van der Waals surface area (Å²) in [6.45, 7) is 0.775. The van der Waals surface area contributed by atoms with Crippen LogP contribution in [-0.4, -0.2) is 15.6 Å². The van der Waals surface area contributed by atoms with Crippen LogP contribution in [0.1, 0.15) is 12.8 Å².